The first kappa shape index (κ1) is 17.3. The summed E-state index contributed by atoms with van der Waals surface area (Å²) < 4.78 is 10.8. The SMILES string of the molecule is COc1ccc(OCCN[C@@H](C(=O)NC2CC2)c2ccccc2)cc1. The van der Waals surface area contributed by atoms with Gasteiger partial charge in [0.05, 0.1) is 7.11 Å². The number of benzene rings is 2. The topological polar surface area (TPSA) is 59.6 Å². The standard InChI is InChI=1S/C20H24N2O3/c1-24-17-9-11-18(12-10-17)25-14-13-21-19(15-5-3-2-4-6-15)20(23)22-16-7-8-16/h2-6,9-12,16,19,21H,7-8,13-14H2,1H3,(H,22,23)/t19-/m1/s1. The first-order valence-electron chi connectivity index (χ1n) is 8.62. The summed E-state index contributed by atoms with van der Waals surface area (Å²) in [6, 6.07) is 17.2. The molecule has 0 unspecified atom stereocenters. The quantitative estimate of drug-likeness (QED) is 0.689. The van der Waals surface area contributed by atoms with Crippen LogP contribution in [0.4, 0.5) is 0 Å². The van der Waals surface area contributed by atoms with Crippen LogP contribution in [0.2, 0.25) is 0 Å². The molecule has 1 saturated carbocycles. The molecular formula is C20H24N2O3. The molecule has 0 aliphatic heterocycles. The molecule has 2 aromatic rings. The molecule has 1 amide bonds. The normalized spacial score (nSPS) is 14.6. The van der Waals surface area contributed by atoms with E-state index >= 15 is 0 Å². The van der Waals surface area contributed by atoms with Gasteiger partial charge in [0.25, 0.3) is 0 Å². The van der Waals surface area contributed by atoms with Crippen molar-refractivity contribution >= 4 is 5.91 Å². The average molecular weight is 340 g/mol. The van der Waals surface area contributed by atoms with Crippen LogP contribution >= 0.6 is 0 Å². The number of ether oxygens (including phenoxy) is 2. The zero-order valence-electron chi connectivity index (χ0n) is 14.4. The van der Waals surface area contributed by atoms with Gasteiger partial charge in [0.2, 0.25) is 5.91 Å². The van der Waals surface area contributed by atoms with Crippen molar-refractivity contribution in [3.05, 3.63) is 60.2 Å². The minimum absolute atomic E-state index is 0.0261. The van der Waals surface area contributed by atoms with Crippen molar-refractivity contribution in [3.63, 3.8) is 0 Å². The molecule has 5 heteroatoms. The van der Waals surface area contributed by atoms with E-state index < -0.39 is 0 Å². The zero-order valence-corrected chi connectivity index (χ0v) is 14.4. The van der Waals surface area contributed by atoms with E-state index in [0.29, 0.717) is 19.2 Å². The molecule has 5 nitrogen and oxygen atoms in total. The van der Waals surface area contributed by atoms with Crippen LogP contribution in [-0.4, -0.2) is 32.2 Å². The molecule has 0 heterocycles. The lowest BCUT2D eigenvalue weighted by Crippen LogP contribution is -2.40. The van der Waals surface area contributed by atoms with E-state index in [1.807, 2.05) is 54.6 Å². The highest BCUT2D eigenvalue weighted by atomic mass is 16.5. The second kappa shape index (κ2) is 8.53. The molecule has 0 aromatic heterocycles. The van der Waals surface area contributed by atoms with Crippen LogP contribution < -0.4 is 20.1 Å². The number of hydrogen-bond acceptors (Lipinski definition) is 4. The predicted octanol–water partition coefficient (Wildman–Crippen LogP) is 2.68. The van der Waals surface area contributed by atoms with Crippen LogP contribution in [0.15, 0.2) is 54.6 Å². The van der Waals surface area contributed by atoms with E-state index in [1.54, 1.807) is 7.11 Å². The molecule has 2 aromatic carbocycles. The molecule has 3 rings (SSSR count). The van der Waals surface area contributed by atoms with Crippen molar-refractivity contribution in [2.24, 2.45) is 0 Å². The Morgan fingerprint density at radius 1 is 1.08 bits per heavy atom. The summed E-state index contributed by atoms with van der Waals surface area (Å²) in [4.78, 5) is 12.5. The Kier molecular flexibility index (Phi) is 5.90. The molecule has 25 heavy (non-hydrogen) atoms. The van der Waals surface area contributed by atoms with Crippen molar-refractivity contribution in [1.82, 2.24) is 10.6 Å². The maximum Gasteiger partial charge on any atom is 0.241 e. The van der Waals surface area contributed by atoms with E-state index in [1.165, 1.54) is 0 Å². The number of rotatable bonds is 9. The Hall–Kier alpha value is -2.53. The maximum atomic E-state index is 12.5. The summed E-state index contributed by atoms with van der Waals surface area (Å²) >= 11 is 0. The highest BCUT2D eigenvalue weighted by Gasteiger charge is 2.28. The molecule has 1 aliphatic rings. The van der Waals surface area contributed by atoms with Crippen LogP contribution in [-0.2, 0) is 4.79 Å². The minimum Gasteiger partial charge on any atom is -0.497 e. The number of carbonyl (C=O) groups excluding carboxylic acids is 1. The van der Waals surface area contributed by atoms with E-state index in [-0.39, 0.29) is 11.9 Å². The summed E-state index contributed by atoms with van der Waals surface area (Å²) in [5.74, 6) is 1.60. The van der Waals surface area contributed by atoms with Gasteiger partial charge in [-0.1, -0.05) is 30.3 Å². The summed E-state index contributed by atoms with van der Waals surface area (Å²) in [5, 5.41) is 6.37. The fourth-order valence-corrected chi connectivity index (χ4v) is 2.56. The largest absolute Gasteiger partial charge is 0.497 e. The molecule has 0 saturated heterocycles. The van der Waals surface area contributed by atoms with Crippen molar-refractivity contribution < 1.29 is 14.3 Å². The van der Waals surface area contributed by atoms with Gasteiger partial charge in [-0.25, -0.2) is 0 Å². The smallest absolute Gasteiger partial charge is 0.241 e. The third-order valence-corrected chi connectivity index (χ3v) is 4.10. The van der Waals surface area contributed by atoms with Crippen molar-refractivity contribution in [2.45, 2.75) is 24.9 Å². The monoisotopic (exact) mass is 340 g/mol. The van der Waals surface area contributed by atoms with Crippen LogP contribution in [0.3, 0.4) is 0 Å². The van der Waals surface area contributed by atoms with E-state index in [0.717, 1.165) is 29.9 Å². The van der Waals surface area contributed by atoms with Gasteiger partial charge in [0.15, 0.2) is 0 Å². The van der Waals surface area contributed by atoms with Crippen LogP contribution in [0.1, 0.15) is 24.4 Å². The van der Waals surface area contributed by atoms with Gasteiger partial charge in [0.1, 0.15) is 24.1 Å². The van der Waals surface area contributed by atoms with Gasteiger partial charge in [-0.2, -0.15) is 0 Å². The lowest BCUT2D eigenvalue weighted by atomic mass is 10.1. The lowest BCUT2D eigenvalue weighted by Gasteiger charge is -2.19. The lowest BCUT2D eigenvalue weighted by molar-refractivity contribution is -0.123. The highest BCUT2D eigenvalue weighted by molar-refractivity contribution is 5.83. The number of nitrogens with one attached hydrogen (secondary N) is 2. The van der Waals surface area contributed by atoms with Crippen LogP contribution in [0.5, 0.6) is 11.5 Å². The van der Waals surface area contributed by atoms with Crippen LogP contribution in [0.25, 0.3) is 0 Å². The van der Waals surface area contributed by atoms with Gasteiger partial charge in [-0.05, 0) is 42.7 Å². The number of hydrogen-bond donors (Lipinski definition) is 2. The fourth-order valence-electron chi connectivity index (χ4n) is 2.56. The van der Waals surface area contributed by atoms with Crippen molar-refractivity contribution in [1.29, 1.82) is 0 Å². The third-order valence-electron chi connectivity index (χ3n) is 4.10. The van der Waals surface area contributed by atoms with E-state index in [4.69, 9.17) is 9.47 Å². The van der Waals surface area contributed by atoms with E-state index in [9.17, 15) is 4.79 Å². The Bertz CT molecular complexity index is 669. The Morgan fingerprint density at radius 2 is 1.76 bits per heavy atom. The maximum absolute atomic E-state index is 12.5. The molecule has 0 spiro atoms. The molecule has 0 radical (unpaired) electrons. The number of methoxy groups -OCH3 is 1. The van der Waals surface area contributed by atoms with Crippen molar-refractivity contribution in [3.8, 4) is 11.5 Å². The average Bonchev–Trinajstić information content (AvgIpc) is 3.47. The van der Waals surface area contributed by atoms with Gasteiger partial charge in [-0.3, -0.25) is 10.1 Å². The Balaban J connectivity index is 1.52. The Labute approximate surface area is 148 Å². The molecule has 132 valence electrons. The summed E-state index contributed by atoms with van der Waals surface area (Å²) in [6.07, 6.45) is 2.15. The molecule has 1 fully saturated rings. The Morgan fingerprint density at radius 3 is 2.40 bits per heavy atom. The summed E-state index contributed by atoms with van der Waals surface area (Å²) in [7, 11) is 1.64. The third kappa shape index (κ3) is 5.22. The van der Waals surface area contributed by atoms with E-state index in [2.05, 4.69) is 10.6 Å². The number of amides is 1. The molecule has 1 aliphatic carbocycles. The van der Waals surface area contributed by atoms with Crippen molar-refractivity contribution in [2.75, 3.05) is 20.3 Å². The predicted molar refractivity (Wildman–Crippen MR) is 96.8 cm³/mol. The summed E-state index contributed by atoms with van der Waals surface area (Å²) in [5.41, 5.74) is 0.963. The van der Waals surface area contributed by atoms with Gasteiger partial charge >= 0.3 is 0 Å². The number of carbonyl (C=O) groups is 1. The highest BCUT2D eigenvalue weighted by Crippen LogP contribution is 2.21. The zero-order chi connectivity index (χ0) is 17.5. The summed E-state index contributed by atoms with van der Waals surface area (Å²) in [6.45, 7) is 1.05. The second-order valence-corrected chi connectivity index (χ2v) is 6.10. The first-order valence-corrected chi connectivity index (χ1v) is 8.62. The second-order valence-electron chi connectivity index (χ2n) is 6.10. The first-order chi connectivity index (χ1) is 12.3. The molecular weight excluding hydrogens is 316 g/mol. The molecule has 1 atom stereocenters. The van der Waals surface area contributed by atoms with Gasteiger partial charge < -0.3 is 14.8 Å². The molecule has 2 N–H and O–H groups in total. The fraction of sp³-hybridized carbons (Fsp3) is 0.350. The van der Waals surface area contributed by atoms with Gasteiger partial charge in [0, 0.05) is 12.6 Å². The molecule has 0 bridgehead atoms. The van der Waals surface area contributed by atoms with Crippen LogP contribution in [0, 0.1) is 0 Å². The van der Waals surface area contributed by atoms with Gasteiger partial charge in [-0.15, -0.1) is 0 Å². The minimum atomic E-state index is -0.360.